The highest BCUT2D eigenvalue weighted by Crippen LogP contribution is 2.32. The standard InChI is InChI=1S/C13H13N3O5/c17-11(7-1-2-9-10(5-7)21-6-20-9)14-4-3-8-12(18)16-13(19)15-8/h1-2,5,8H,3-4,6H2,(H,14,17)(H2,15,16,18,19). The number of rotatable bonds is 4. The number of hydrogen-bond acceptors (Lipinski definition) is 5. The molecule has 1 fully saturated rings. The number of nitrogens with one attached hydrogen (secondary N) is 3. The first-order chi connectivity index (χ1) is 10.1. The summed E-state index contributed by atoms with van der Waals surface area (Å²) in [5.74, 6) is 0.484. The topological polar surface area (TPSA) is 106 Å². The maximum atomic E-state index is 12.0. The van der Waals surface area contributed by atoms with E-state index >= 15 is 0 Å². The van der Waals surface area contributed by atoms with Crippen molar-refractivity contribution < 1.29 is 23.9 Å². The third-order valence-electron chi connectivity index (χ3n) is 3.21. The quantitative estimate of drug-likeness (QED) is 0.663. The predicted molar refractivity (Wildman–Crippen MR) is 70.0 cm³/mol. The summed E-state index contributed by atoms with van der Waals surface area (Å²) in [7, 11) is 0. The Morgan fingerprint density at radius 1 is 1.29 bits per heavy atom. The number of carbonyl (C=O) groups excluding carboxylic acids is 3. The number of carbonyl (C=O) groups is 3. The third-order valence-corrected chi connectivity index (χ3v) is 3.21. The largest absolute Gasteiger partial charge is 0.454 e. The van der Waals surface area contributed by atoms with Gasteiger partial charge in [0.15, 0.2) is 11.5 Å². The van der Waals surface area contributed by atoms with Crippen molar-refractivity contribution in [1.82, 2.24) is 16.0 Å². The zero-order chi connectivity index (χ0) is 14.8. The van der Waals surface area contributed by atoms with Crippen molar-refractivity contribution >= 4 is 17.8 Å². The second-order valence-corrected chi connectivity index (χ2v) is 4.63. The van der Waals surface area contributed by atoms with E-state index in [0.29, 0.717) is 23.5 Å². The second kappa shape index (κ2) is 5.31. The first-order valence-corrected chi connectivity index (χ1v) is 6.43. The molecule has 8 heteroatoms. The highest BCUT2D eigenvalue weighted by molar-refractivity contribution is 6.04. The fourth-order valence-electron chi connectivity index (χ4n) is 2.13. The lowest BCUT2D eigenvalue weighted by Crippen LogP contribution is -2.34. The molecule has 1 atom stereocenters. The van der Waals surface area contributed by atoms with Crippen molar-refractivity contribution in [2.24, 2.45) is 0 Å². The van der Waals surface area contributed by atoms with E-state index in [2.05, 4.69) is 16.0 Å². The molecule has 0 aliphatic carbocycles. The van der Waals surface area contributed by atoms with Crippen molar-refractivity contribution in [2.45, 2.75) is 12.5 Å². The molecule has 0 spiro atoms. The number of urea groups is 1. The third kappa shape index (κ3) is 2.73. The minimum absolute atomic E-state index is 0.150. The maximum Gasteiger partial charge on any atom is 0.322 e. The summed E-state index contributed by atoms with van der Waals surface area (Å²) in [4.78, 5) is 34.2. The van der Waals surface area contributed by atoms with E-state index in [9.17, 15) is 14.4 Å². The van der Waals surface area contributed by atoms with Crippen LogP contribution in [0.3, 0.4) is 0 Å². The molecule has 2 aliphatic rings. The van der Waals surface area contributed by atoms with Gasteiger partial charge in [0.25, 0.3) is 11.8 Å². The van der Waals surface area contributed by atoms with Crippen LogP contribution in [-0.2, 0) is 4.79 Å². The van der Waals surface area contributed by atoms with Crippen LogP contribution >= 0.6 is 0 Å². The van der Waals surface area contributed by atoms with Gasteiger partial charge in [-0.1, -0.05) is 0 Å². The van der Waals surface area contributed by atoms with Crippen molar-refractivity contribution in [3.8, 4) is 11.5 Å². The van der Waals surface area contributed by atoms with E-state index < -0.39 is 12.1 Å². The van der Waals surface area contributed by atoms with Crippen molar-refractivity contribution in [3.05, 3.63) is 23.8 Å². The van der Waals surface area contributed by atoms with Crippen molar-refractivity contribution in [3.63, 3.8) is 0 Å². The predicted octanol–water partition coefficient (Wildman–Crippen LogP) is -0.257. The van der Waals surface area contributed by atoms with Gasteiger partial charge < -0.3 is 20.1 Å². The first-order valence-electron chi connectivity index (χ1n) is 6.43. The lowest BCUT2D eigenvalue weighted by Gasteiger charge is -2.09. The van der Waals surface area contributed by atoms with Gasteiger partial charge in [-0.05, 0) is 24.6 Å². The Balaban J connectivity index is 1.52. The summed E-state index contributed by atoms with van der Waals surface area (Å²) >= 11 is 0. The Hall–Kier alpha value is -2.77. The molecule has 1 aromatic rings. The second-order valence-electron chi connectivity index (χ2n) is 4.63. The Labute approximate surface area is 119 Å². The van der Waals surface area contributed by atoms with Gasteiger partial charge in [-0.2, -0.15) is 0 Å². The minimum Gasteiger partial charge on any atom is -0.454 e. The molecule has 8 nitrogen and oxygen atoms in total. The van der Waals surface area contributed by atoms with Crippen LogP contribution in [0.1, 0.15) is 16.8 Å². The lowest BCUT2D eigenvalue weighted by atomic mass is 10.1. The van der Waals surface area contributed by atoms with Gasteiger partial charge in [-0.15, -0.1) is 0 Å². The molecule has 4 amide bonds. The van der Waals surface area contributed by atoms with Gasteiger partial charge in [0.2, 0.25) is 6.79 Å². The fraction of sp³-hybridized carbons (Fsp3) is 0.308. The maximum absolute atomic E-state index is 12.0. The van der Waals surface area contributed by atoms with Gasteiger partial charge in [0.1, 0.15) is 6.04 Å². The van der Waals surface area contributed by atoms with Crippen LogP contribution in [0.25, 0.3) is 0 Å². The molecule has 2 heterocycles. The monoisotopic (exact) mass is 291 g/mol. The molecule has 0 radical (unpaired) electrons. The SMILES string of the molecule is O=C1NC(=O)C(CCNC(=O)c2ccc3c(c2)OCO3)N1. The van der Waals surface area contributed by atoms with Gasteiger partial charge in [-0.25, -0.2) is 4.79 Å². The molecule has 0 bridgehead atoms. The van der Waals surface area contributed by atoms with E-state index in [1.807, 2.05) is 0 Å². The van der Waals surface area contributed by atoms with Crippen LogP contribution in [0, 0.1) is 0 Å². The van der Waals surface area contributed by atoms with Gasteiger partial charge in [0, 0.05) is 12.1 Å². The highest BCUT2D eigenvalue weighted by Gasteiger charge is 2.28. The molecule has 21 heavy (non-hydrogen) atoms. The summed E-state index contributed by atoms with van der Waals surface area (Å²) in [5.41, 5.74) is 0.444. The van der Waals surface area contributed by atoms with Crippen LogP contribution in [0.15, 0.2) is 18.2 Å². The van der Waals surface area contributed by atoms with E-state index in [0.717, 1.165) is 0 Å². The molecule has 1 saturated heterocycles. The van der Waals surface area contributed by atoms with Crippen LogP contribution in [0.2, 0.25) is 0 Å². The summed E-state index contributed by atoms with van der Waals surface area (Å²) in [5, 5.41) is 7.28. The Bertz CT molecular complexity index is 616. The lowest BCUT2D eigenvalue weighted by molar-refractivity contribution is -0.120. The minimum atomic E-state index is -0.602. The summed E-state index contributed by atoms with van der Waals surface area (Å²) < 4.78 is 10.4. The molecule has 110 valence electrons. The number of amides is 4. The number of ether oxygens (including phenoxy) is 2. The smallest absolute Gasteiger partial charge is 0.322 e. The fourth-order valence-corrected chi connectivity index (χ4v) is 2.13. The van der Waals surface area contributed by atoms with Gasteiger partial charge in [0.05, 0.1) is 0 Å². The van der Waals surface area contributed by atoms with Gasteiger partial charge in [-0.3, -0.25) is 14.9 Å². The van der Waals surface area contributed by atoms with Crippen LogP contribution in [-0.4, -0.2) is 37.2 Å². The molecule has 0 saturated carbocycles. The van der Waals surface area contributed by atoms with Crippen LogP contribution < -0.4 is 25.4 Å². The van der Waals surface area contributed by atoms with E-state index in [4.69, 9.17) is 9.47 Å². The summed E-state index contributed by atoms with van der Waals surface area (Å²) in [6.45, 7) is 0.419. The molecule has 1 unspecified atom stereocenters. The molecule has 3 N–H and O–H groups in total. The van der Waals surface area contributed by atoms with Gasteiger partial charge >= 0.3 is 6.03 Å². The van der Waals surface area contributed by atoms with Crippen LogP contribution in [0.5, 0.6) is 11.5 Å². The Morgan fingerprint density at radius 2 is 2.10 bits per heavy atom. The Morgan fingerprint density at radius 3 is 2.86 bits per heavy atom. The van der Waals surface area contributed by atoms with E-state index in [-0.39, 0.29) is 25.2 Å². The molecule has 3 rings (SSSR count). The number of imide groups is 1. The zero-order valence-electron chi connectivity index (χ0n) is 11.0. The number of fused-ring (bicyclic) bond motifs is 1. The van der Waals surface area contributed by atoms with E-state index in [1.54, 1.807) is 18.2 Å². The molecular weight excluding hydrogens is 278 g/mol. The Kier molecular flexibility index (Phi) is 3.35. The first kappa shape index (κ1) is 13.2. The van der Waals surface area contributed by atoms with E-state index in [1.165, 1.54) is 0 Å². The van der Waals surface area contributed by atoms with Crippen molar-refractivity contribution in [2.75, 3.05) is 13.3 Å². The normalized spacial score (nSPS) is 19.1. The zero-order valence-corrected chi connectivity index (χ0v) is 11.0. The number of hydrogen-bond donors (Lipinski definition) is 3. The number of benzene rings is 1. The van der Waals surface area contributed by atoms with Crippen molar-refractivity contribution in [1.29, 1.82) is 0 Å². The average Bonchev–Trinajstić information content (AvgIpc) is 3.04. The molecule has 0 aromatic heterocycles. The van der Waals surface area contributed by atoms with Crippen LogP contribution in [0.4, 0.5) is 4.79 Å². The molecular formula is C13H13N3O5. The highest BCUT2D eigenvalue weighted by atomic mass is 16.7. The summed E-state index contributed by atoms with van der Waals surface area (Å²) in [6.07, 6.45) is 0.327. The molecule has 2 aliphatic heterocycles. The average molecular weight is 291 g/mol. The molecule has 1 aromatic carbocycles. The summed E-state index contributed by atoms with van der Waals surface area (Å²) in [6, 6.07) is 3.79.